The Labute approximate surface area is 189 Å². The van der Waals surface area contributed by atoms with Crippen molar-refractivity contribution in [2.24, 2.45) is 0 Å². The molecular weight excluding hydrogens is 424 g/mol. The molecular formula is C25H30N2O4S. The normalized spacial score (nSPS) is 15.8. The monoisotopic (exact) mass is 454 g/mol. The van der Waals surface area contributed by atoms with Crippen molar-refractivity contribution >= 4 is 32.4 Å². The van der Waals surface area contributed by atoms with Gasteiger partial charge in [-0.1, -0.05) is 25.5 Å². The molecule has 1 aliphatic heterocycles. The van der Waals surface area contributed by atoms with Crippen LogP contribution in [0.25, 0.3) is 11.0 Å². The topological polar surface area (TPSA) is 79.6 Å². The summed E-state index contributed by atoms with van der Waals surface area (Å²) >= 11 is 0. The van der Waals surface area contributed by atoms with Gasteiger partial charge in [-0.2, -0.15) is 0 Å². The lowest BCUT2D eigenvalue weighted by molar-refractivity contribution is 0.102. The first-order chi connectivity index (χ1) is 15.4. The molecule has 0 atom stereocenters. The lowest BCUT2D eigenvalue weighted by Crippen LogP contribution is -2.33. The molecule has 0 bridgehead atoms. The van der Waals surface area contributed by atoms with E-state index in [4.69, 9.17) is 4.42 Å². The number of carbonyl (C=O) groups is 1. The Bertz CT molecular complexity index is 1210. The van der Waals surface area contributed by atoms with E-state index in [1.165, 1.54) is 37.1 Å². The van der Waals surface area contributed by atoms with Crippen LogP contribution < -0.4 is 5.32 Å². The molecule has 0 unspecified atom stereocenters. The van der Waals surface area contributed by atoms with Crippen LogP contribution in [0.2, 0.25) is 0 Å². The maximum Gasteiger partial charge on any atom is 0.256 e. The molecule has 7 heteroatoms. The second kappa shape index (κ2) is 9.46. The van der Waals surface area contributed by atoms with Gasteiger partial charge in [-0.3, -0.25) is 4.79 Å². The summed E-state index contributed by atoms with van der Waals surface area (Å²) in [6, 6.07) is 11.8. The maximum atomic E-state index is 12.9. The lowest BCUT2D eigenvalue weighted by atomic mass is 9.89. The zero-order valence-electron chi connectivity index (χ0n) is 18.6. The molecule has 3 aromatic rings. The fourth-order valence-electron chi connectivity index (χ4n) is 4.47. The minimum Gasteiger partial charge on any atom is -0.464 e. The second-order valence-corrected chi connectivity index (χ2v) is 10.6. The number of hydrogen-bond acceptors (Lipinski definition) is 5. The summed E-state index contributed by atoms with van der Waals surface area (Å²) in [5, 5.41) is 3.87. The van der Waals surface area contributed by atoms with Gasteiger partial charge in [-0.15, -0.1) is 0 Å². The second-order valence-electron chi connectivity index (χ2n) is 8.59. The Morgan fingerprint density at radius 2 is 1.91 bits per heavy atom. The molecule has 0 saturated carbocycles. The fourth-order valence-corrected chi connectivity index (χ4v) is 5.35. The maximum absolute atomic E-state index is 12.9. The van der Waals surface area contributed by atoms with E-state index in [1.807, 2.05) is 18.4 Å². The van der Waals surface area contributed by atoms with E-state index in [0.29, 0.717) is 11.6 Å². The van der Waals surface area contributed by atoms with Crippen molar-refractivity contribution < 1.29 is 17.6 Å². The van der Waals surface area contributed by atoms with Crippen molar-refractivity contribution in [1.29, 1.82) is 0 Å². The number of sulfone groups is 1. The first-order valence-corrected chi connectivity index (χ1v) is 13.1. The summed E-state index contributed by atoms with van der Waals surface area (Å²) in [6.45, 7) is 5.58. The van der Waals surface area contributed by atoms with Crippen LogP contribution in [-0.2, 0) is 9.84 Å². The van der Waals surface area contributed by atoms with E-state index in [0.717, 1.165) is 43.2 Å². The van der Waals surface area contributed by atoms with E-state index in [9.17, 15) is 13.2 Å². The average molecular weight is 455 g/mol. The zero-order valence-corrected chi connectivity index (χ0v) is 19.5. The molecule has 0 spiro atoms. The van der Waals surface area contributed by atoms with Crippen molar-refractivity contribution in [2.75, 3.05) is 31.2 Å². The number of likely N-dealkylation sites (tertiary alicyclic amines) is 1. The standard InChI is InChI=1S/C25H30N2O4S/c1-3-4-13-27-14-11-18(12-15-27)22-17-31-23-10-9-19(16-21(22)23)26-25(28)20-7-5-6-8-24(20)32(2,29)30/h5-10,16-18H,3-4,11-15H2,1-2H3,(H,26,28). The van der Waals surface area contributed by atoms with Gasteiger partial charge in [0.25, 0.3) is 5.91 Å². The van der Waals surface area contributed by atoms with Crippen molar-refractivity contribution in [3.8, 4) is 0 Å². The number of amides is 1. The van der Waals surface area contributed by atoms with Crippen LogP contribution in [0.5, 0.6) is 0 Å². The molecule has 1 aliphatic rings. The molecule has 1 fully saturated rings. The quantitative estimate of drug-likeness (QED) is 0.539. The number of benzene rings is 2. The molecule has 170 valence electrons. The van der Waals surface area contributed by atoms with Crippen molar-refractivity contribution in [2.45, 2.75) is 43.4 Å². The van der Waals surface area contributed by atoms with Gasteiger partial charge in [-0.05, 0) is 75.1 Å². The Hall–Kier alpha value is -2.64. The van der Waals surface area contributed by atoms with E-state index in [2.05, 4.69) is 17.1 Å². The van der Waals surface area contributed by atoms with Gasteiger partial charge >= 0.3 is 0 Å². The largest absolute Gasteiger partial charge is 0.464 e. The Morgan fingerprint density at radius 1 is 1.16 bits per heavy atom. The van der Waals surface area contributed by atoms with Gasteiger partial charge in [0.05, 0.1) is 16.7 Å². The Balaban J connectivity index is 1.53. The predicted octanol–water partition coefficient (Wildman–Crippen LogP) is 5.07. The molecule has 32 heavy (non-hydrogen) atoms. The van der Waals surface area contributed by atoms with E-state index >= 15 is 0 Å². The number of piperidine rings is 1. The van der Waals surface area contributed by atoms with Crippen LogP contribution in [0, 0.1) is 0 Å². The average Bonchev–Trinajstić information content (AvgIpc) is 3.20. The lowest BCUT2D eigenvalue weighted by Gasteiger charge is -2.31. The first kappa shape index (κ1) is 22.6. The predicted molar refractivity (Wildman–Crippen MR) is 127 cm³/mol. The number of carbonyl (C=O) groups excluding carboxylic acids is 1. The Kier molecular flexibility index (Phi) is 6.67. The van der Waals surface area contributed by atoms with E-state index in [1.54, 1.807) is 18.2 Å². The third-order valence-electron chi connectivity index (χ3n) is 6.25. The minimum absolute atomic E-state index is 0.0254. The third kappa shape index (κ3) is 4.89. The zero-order chi connectivity index (χ0) is 22.7. The number of anilines is 1. The number of nitrogens with one attached hydrogen (secondary N) is 1. The summed E-state index contributed by atoms with van der Waals surface area (Å²) in [5.74, 6) is -0.00862. The molecule has 2 heterocycles. The van der Waals surface area contributed by atoms with Gasteiger partial charge in [0.1, 0.15) is 5.58 Å². The van der Waals surface area contributed by atoms with Gasteiger partial charge in [0.2, 0.25) is 0 Å². The highest BCUT2D eigenvalue weighted by atomic mass is 32.2. The molecule has 1 saturated heterocycles. The van der Waals surface area contributed by atoms with Crippen molar-refractivity contribution in [1.82, 2.24) is 4.90 Å². The number of unbranched alkanes of at least 4 members (excludes halogenated alkanes) is 1. The van der Waals surface area contributed by atoms with Crippen molar-refractivity contribution in [3.05, 3.63) is 59.9 Å². The minimum atomic E-state index is -3.51. The van der Waals surface area contributed by atoms with Crippen LogP contribution in [0.15, 0.2) is 58.0 Å². The van der Waals surface area contributed by atoms with E-state index < -0.39 is 15.7 Å². The highest BCUT2D eigenvalue weighted by Gasteiger charge is 2.24. The van der Waals surface area contributed by atoms with Gasteiger partial charge in [0.15, 0.2) is 9.84 Å². The summed E-state index contributed by atoms with van der Waals surface area (Å²) in [7, 11) is -3.51. The molecule has 1 aromatic heterocycles. The van der Waals surface area contributed by atoms with Crippen LogP contribution in [0.1, 0.15) is 54.4 Å². The fraction of sp³-hybridized carbons (Fsp3) is 0.400. The first-order valence-electron chi connectivity index (χ1n) is 11.2. The summed E-state index contributed by atoms with van der Waals surface area (Å²) in [4.78, 5) is 15.4. The highest BCUT2D eigenvalue weighted by molar-refractivity contribution is 7.90. The number of furan rings is 1. The highest BCUT2D eigenvalue weighted by Crippen LogP contribution is 2.35. The number of rotatable bonds is 7. The summed E-state index contributed by atoms with van der Waals surface area (Å²) in [5.41, 5.74) is 2.74. The molecule has 1 amide bonds. The number of fused-ring (bicyclic) bond motifs is 1. The van der Waals surface area contributed by atoms with Crippen LogP contribution in [0.3, 0.4) is 0 Å². The third-order valence-corrected chi connectivity index (χ3v) is 7.40. The Morgan fingerprint density at radius 3 is 2.62 bits per heavy atom. The number of hydrogen-bond donors (Lipinski definition) is 1. The molecule has 0 radical (unpaired) electrons. The van der Waals surface area contributed by atoms with Gasteiger partial charge in [0, 0.05) is 22.9 Å². The van der Waals surface area contributed by atoms with Crippen molar-refractivity contribution in [3.63, 3.8) is 0 Å². The van der Waals surface area contributed by atoms with Crippen LogP contribution in [-0.4, -0.2) is 45.1 Å². The summed E-state index contributed by atoms with van der Waals surface area (Å²) < 4.78 is 29.9. The molecule has 6 nitrogen and oxygen atoms in total. The molecule has 4 rings (SSSR count). The molecule has 2 aromatic carbocycles. The van der Waals surface area contributed by atoms with Gasteiger partial charge < -0.3 is 14.6 Å². The summed E-state index contributed by atoms with van der Waals surface area (Å²) in [6.07, 6.45) is 7.60. The molecule has 0 aliphatic carbocycles. The van der Waals surface area contributed by atoms with E-state index in [-0.39, 0.29) is 10.5 Å². The smallest absolute Gasteiger partial charge is 0.256 e. The number of nitrogens with zero attached hydrogens (tertiary/aromatic N) is 1. The van der Waals surface area contributed by atoms with Gasteiger partial charge in [-0.25, -0.2) is 8.42 Å². The van der Waals surface area contributed by atoms with Crippen LogP contribution >= 0.6 is 0 Å². The molecule has 1 N–H and O–H groups in total. The SMILES string of the molecule is CCCCN1CCC(c2coc3ccc(NC(=O)c4ccccc4S(C)(=O)=O)cc23)CC1. The van der Waals surface area contributed by atoms with Crippen LogP contribution in [0.4, 0.5) is 5.69 Å².